The smallest absolute Gasteiger partial charge is 0.255 e. The number of para-hydroxylation sites is 2. The summed E-state index contributed by atoms with van der Waals surface area (Å²) in [5.41, 5.74) is 3.19. The number of anilines is 2. The normalized spacial score (nSPS) is 14.8. The molecular weight excluding hydrogens is 432 g/mol. The van der Waals surface area contributed by atoms with Gasteiger partial charge in [-0.2, -0.15) is 4.98 Å². The summed E-state index contributed by atoms with van der Waals surface area (Å²) in [7, 11) is 1.55. The first-order valence-corrected chi connectivity index (χ1v) is 10.6. The molecule has 9 nitrogen and oxygen atoms in total. The van der Waals surface area contributed by atoms with Crippen molar-refractivity contribution >= 4 is 17.5 Å². The number of pyridine rings is 1. The average Bonchev–Trinajstić information content (AvgIpc) is 3.28. The van der Waals surface area contributed by atoms with E-state index in [1.54, 1.807) is 60.6 Å². The number of carbonyl (C=O) groups excluding carboxylic acids is 1. The molecular formula is C25H22N6O3. The van der Waals surface area contributed by atoms with Crippen LogP contribution in [0, 0.1) is 0 Å². The lowest BCUT2D eigenvalue weighted by atomic mass is 9.95. The van der Waals surface area contributed by atoms with Crippen molar-refractivity contribution in [2.24, 2.45) is 0 Å². The van der Waals surface area contributed by atoms with Gasteiger partial charge >= 0.3 is 0 Å². The van der Waals surface area contributed by atoms with Crippen LogP contribution in [0.1, 0.15) is 18.5 Å². The van der Waals surface area contributed by atoms with E-state index in [-0.39, 0.29) is 11.7 Å². The minimum absolute atomic E-state index is 0.133. The number of amides is 1. The lowest BCUT2D eigenvalue weighted by Gasteiger charge is -2.28. The van der Waals surface area contributed by atoms with E-state index >= 15 is 0 Å². The maximum atomic E-state index is 13.6. The van der Waals surface area contributed by atoms with Gasteiger partial charge in [-0.05, 0) is 48.9 Å². The van der Waals surface area contributed by atoms with Crippen molar-refractivity contribution in [1.29, 1.82) is 0 Å². The van der Waals surface area contributed by atoms with Gasteiger partial charge in [0.15, 0.2) is 5.82 Å². The van der Waals surface area contributed by atoms with Crippen molar-refractivity contribution in [1.82, 2.24) is 19.7 Å². The van der Waals surface area contributed by atoms with E-state index in [0.29, 0.717) is 34.5 Å². The Labute approximate surface area is 195 Å². The molecule has 1 aliphatic heterocycles. The van der Waals surface area contributed by atoms with Gasteiger partial charge in [0, 0.05) is 23.7 Å². The Morgan fingerprint density at radius 1 is 1.12 bits per heavy atom. The number of aromatic nitrogens is 4. The van der Waals surface area contributed by atoms with Crippen LogP contribution in [-0.2, 0) is 4.79 Å². The highest BCUT2D eigenvalue weighted by Crippen LogP contribution is 2.37. The summed E-state index contributed by atoms with van der Waals surface area (Å²) in [6, 6.07) is 17.0. The zero-order valence-corrected chi connectivity index (χ0v) is 18.6. The maximum Gasteiger partial charge on any atom is 0.255 e. The SMILES string of the molecule is COc1ccccc1NC(=O)C1=C(C)Nc2nc(-c3cccnc3)nn2[C@H]1c1ccc(O)cc1. The number of ether oxygens (including phenoxy) is 1. The van der Waals surface area contributed by atoms with Crippen LogP contribution in [0.15, 0.2) is 84.3 Å². The van der Waals surface area contributed by atoms with Gasteiger partial charge in [0.25, 0.3) is 5.91 Å². The number of fused-ring (bicyclic) bond motifs is 1. The maximum absolute atomic E-state index is 13.6. The third kappa shape index (κ3) is 3.83. The molecule has 0 bridgehead atoms. The topological polar surface area (TPSA) is 114 Å². The standard InChI is InChI=1S/C25H22N6O3/c1-15-21(24(33)28-19-7-3-4-8-20(19)34-2)22(16-9-11-18(32)12-10-16)31-25(27-15)29-23(30-31)17-6-5-13-26-14-17/h3-14,22,32H,1-2H3,(H,28,33)(H,27,29,30)/t22-/m0/s1. The third-order valence-corrected chi connectivity index (χ3v) is 5.58. The van der Waals surface area contributed by atoms with Crippen LogP contribution in [0.2, 0.25) is 0 Å². The molecule has 34 heavy (non-hydrogen) atoms. The number of phenols is 1. The first-order valence-electron chi connectivity index (χ1n) is 10.6. The molecule has 4 aromatic rings. The Morgan fingerprint density at radius 3 is 2.65 bits per heavy atom. The Bertz CT molecular complexity index is 1380. The van der Waals surface area contributed by atoms with Crippen molar-refractivity contribution in [3.8, 4) is 22.9 Å². The van der Waals surface area contributed by atoms with Crippen molar-refractivity contribution in [2.75, 3.05) is 17.7 Å². The van der Waals surface area contributed by atoms with Crippen molar-refractivity contribution in [3.63, 3.8) is 0 Å². The lowest BCUT2D eigenvalue weighted by molar-refractivity contribution is -0.113. The summed E-state index contributed by atoms with van der Waals surface area (Å²) >= 11 is 0. The number of methoxy groups -OCH3 is 1. The van der Waals surface area contributed by atoms with Crippen LogP contribution >= 0.6 is 0 Å². The summed E-state index contributed by atoms with van der Waals surface area (Å²) in [4.78, 5) is 22.4. The highest BCUT2D eigenvalue weighted by molar-refractivity contribution is 6.06. The van der Waals surface area contributed by atoms with E-state index in [9.17, 15) is 9.90 Å². The number of hydrogen-bond acceptors (Lipinski definition) is 7. The van der Waals surface area contributed by atoms with Crippen LogP contribution in [0.5, 0.6) is 11.5 Å². The van der Waals surface area contributed by atoms with Gasteiger partial charge in [-0.25, -0.2) is 4.68 Å². The third-order valence-electron chi connectivity index (χ3n) is 5.58. The predicted molar refractivity (Wildman–Crippen MR) is 127 cm³/mol. The molecule has 1 amide bonds. The molecule has 0 saturated carbocycles. The Balaban J connectivity index is 1.60. The molecule has 2 aromatic heterocycles. The molecule has 0 saturated heterocycles. The van der Waals surface area contributed by atoms with Crippen molar-refractivity contribution < 1.29 is 14.6 Å². The molecule has 0 unspecified atom stereocenters. The van der Waals surface area contributed by atoms with Gasteiger partial charge in [-0.15, -0.1) is 5.10 Å². The van der Waals surface area contributed by atoms with E-state index in [4.69, 9.17) is 9.84 Å². The Morgan fingerprint density at radius 2 is 1.91 bits per heavy atom. The fourth-order valence-corrected chi connectivity index (χ4v) is 3.96. The fraction of sp³-hybridized carbons (Fsp3) is 0.120. The van der Waals surface area contributed by atoms with Crippen LogP contribution in [0.25, 0.3) is 11.4 Å². The van der Waals surface area contributed by atoms with Crippen molar-refractivity contribution in [3.05, 3.63) is 89.9 Å². The molecule has 0 fully saturated rings. The monoisotopic (exact) mass is 454 g/mol. The molecule has 170 valence electrons. The van der Waals surface area contributed by atoms with Crippen molar-refractivity contribution in [2.45, 2.75) is 13.0 Å². The summed E-state index contributed by atoms with van der Waals surface area (Å²) in [5, 5.41) is 20.7. The molecule has 1 aliphatic rings. The Hall–Kier alpha value is -4.66. The predicted octanol–water partition coefficient (Wildman–Crippen LogP) is 3.98. The van der Waals surface area contributed by atoms with E-state index in [0.717, 1.165) is 11.1 Å². The van der Waals surface area contributed by atoms with Gasteiger partial charge in [0.05, 0.1) is 18.4 Å². The summed E-state index contributed by atoms with van der Waals surface area (Å²) < 4.78 is 7.07. The van der Waals surface area contributed by atoms with Gasteiger partial charge in [0.2, 0.25) is 5.95 Å². The zero-order valence-electron chi connectivity index (χ0n) is 18.6. The lowest BCUT2D eigenvalue weighted by Crippen LogP contribution is -2.31. The van der Waals surface area contributed by atoms with E-state index in [1.807, 2.05) is 31.2 Å². The molecule has 9 heteroatoms. The molecule has 0 aliphatic carbocycles. The second-order valence-electron chi connectivity index (χ2n) is 7.76. The number of phenolic OH excluding ortho intramolecular Hbond substituents is 1. The van der Waals surface area contributed by atoms with Gasteiger partial charge in [-0.1, -0.05) is 24.3 Å². The van der Waals surface area contributed by atoms with E-state index in [1.165, 1.54) is 0 Å². The first kappa shape index (κ1) is 21.2. The second-order valence-corrected chi connectivity index (χ2v) is 7.76. The van der Waals surface area contributed by atoms with Gasteiger partial charge < -0.3 is 20.5 Å². The molecule has 1 atom stereocenters. The molecule has 3 N–H and O–H groups in total. The minimum atomic E-state index is -0.579. The Kier molecular flexibility index (Phi) is 5.43. The summed E-state index contributed by atoms with van der Waals surface area (Å²) in [5.74, 6) is 1.37. The number of hydrogen-bond donors (Lipinski definition) is 3. The number of benzene rings is 2. The molecule has 3 heterocycles. The molecule has 0 spiro atoms. The highest BCUT2D eigenvalue weighted by atomic mass is 16.5. The minimum Gasteiger partial charge on any atom is -0.508 e. The fourth-order valence-electron chi connectivity index (χ4n) is 3.96. The zero-order chi connectivity index (χ0) is 23.7. The summed E-state index contributed by atoms with van der Waals surface area (Å²) in [6.07, 6.45) is 3.37. The van der Waals surface area contributed by atoms with E-state index in [2.05, 4.69) is 20.6 Å². The molecule has 5 rings (SSSR count). The number of allylic oxidation sites excluding steroid dienone is 1. The highest BCUT2D eigenvalue weighted by Gasteiger charge is 2.34. The molecule has 0 radical (unpaired) electrons. The number of aromatic hydroxyl groups is 1. The first-order chi connectivity index (χ1) is 16.5. The number of nitrogens with one attached hydrogen (secondary N) is 2. The van der Waals surface area contributed by atoms with Gasteiger partial charge in [0.1, 0.15) is 17.5 Å². The number of nitrogens with zero attached hydrogens (tertiary/aromatic N) is 4. The summed E-state index contributed by atoms with van der Waals surface area (Å²) in [6.45, 7) is 1.83. The van der Waals surface area contributed by atoms with Crippen LogP contribution in [0.3, 0.4) is 0 Å². The second kappa shape index (κ2) is 8.70. The van der Waals surface area contributed by atoms with E-state index < -0.39 is 6.04 Å². The largest absolute Gasteiger partial charge is 0.508 e. The van der Waals surface area contributed by atoms with Crippen LogP contribution in [-0.4, -0.2) is 37.9 Å². The number of rotatable bonds is 5. The number of carbonyl (C=O) groups is 1. The average molecular weight is 454 g/mol. The van der Waals surface area contributed by atoms with Crippen LogP contribution in [0.4, 0.5) is 11.6 Å². The molecule has 2 aromatic carbocycles. The van der Waals surface area contributed by atoms with Crippen LogP contribution < -0.4 is 15.4 Å². The quantitative estimate of drug-likeness (QED) is 0.418. The van der Waals surface area contributed by atoms with Gasteiger partial charge in [-0.3, -0.25) is 9.78 Å².